The number of hydrogen-bond acceptors (Lipinski definition) is 3. The summed E-state index contributed by atoms with van der Waals surface area (Å²) in [4.78, 5) is 0. The Bertz CT molecular complexity index is 282. The summed E-state index contributed by atoms with van der Waals surface area (Å²) in [5, 5.41) is 9.52. The van der Waals surface area contributed by atoms with Crippen molar-refractivity contribution in [3.05, 3.63) is 23.2 Å². The second-order valence-corrected chi connectivity index (χ2v) is 3.55. The third kappa shape index (κ3) is 3.09. The number of anilines is 1. The molecule has 0 amide bonds. The highest BCUT2D eigenvalue weighted by atomic mass is 35.5. The van der Waals surface area contributed by atoms with Crippen LogP contribution in [0.25, 0.3) is 0 Å². The molecule has 0 aromatic heterocycles. The van der Waals surface area contributed by atoms with Gasteiger partial charge in [0.1, 0.15) is 0 Å². The molecule has 14 heavy (non-hydrogen) atoms. The van der Waals surface area contributed by atoms with Crippen molar-refractivity contribution in [3.8, 4) is 5.75 Å². The van der Waals surface area contributed by atoms with Crippen LogP contribution in [0.2, 0.25) is 5.02 Å². The minimum Gasteiger partial charge on any atom is -0.490 e. The third-order valence-electron chi connectivity index (χ3n) is 1.78. The molecular formula is C10H14ClNO2. The third-order valence-corrected chi connectivity index (χ3v) is 2.08. The fraction of sp³-hybridized carbons (Fsp3) is 0.400. The molecule has 0 radical (unpaired) electrons. The zero-order chi connectivity index (χ0) is 10.6. The van der Waals surface area contributed by atoms with Gasteiger partial charge in [0, 0.05) is 6.42 Å². The van der Waals surface area contributed by atoms with Crippen LogP contribution < -0.4 is 10.5 Å². The van der Waals surface area contributed by atoms with E-state index in [9.17, 15) is 0 Å². The molecule has 3 nitrogen and oxygen atoms in total. The molecule has 0 saturated heterocycles. The van der Waals surface area contributed by atoms with Crippen molar-refractivity contribution in [2.45, 2.75) is 19.4 Å². The average Bonchev–Trinajstić information content (AvgIpc) is 2.09. The van der Waals surface area contributed by atoms with Crippen molar-refractivity contribution in [3.63, 3.8) is 0 Å². The number of para-hydroxylation sites is 1. The van der Waals surface area contributed by atoms with Gasteiger partial charge < -0.3 is 15.6 Å². The van der Waals surface area contributed by atoms with Crippen LogP contribution in [-0.2, 0) is 0 Å². The first-order valence-electron chi connectivity index (χ1n) is 4.46. The van der Waals surface area contributed by atoms with Crippen LogP contribution in [0.5, 0.6) is 5.75 Å². The highest BCUT2D eigenvalue weighted by molar-refractivity contribution is 6.32. The van der Waals surface area contributed by atoms with E-state index in [-0.39, 0.29) is 6.10 Å². The van der Waals surface area contributed by atoms with Crippen molar-refractivity contribution in [1.82, 2.24) is 0 Å². The van der Waals surface area contributed by atoms with Crippen LogP contribution in [0, 0.1) is 0 Å². The molecule has 0 saturated carbocycles. The molecule has 1 unspecified atom stereocenters. The Hall–Kier alpha value is -0.930. The van der Waals surface area contributed by atoms with Gasteiger partial charge in [-0.2, -0.15) is 0 Å². The molecule has 1 aromatic rings. The molecular weight excluding hydrogens is 202 g/mol. The number of halogens is 1. The van der Waals surface area contributed by atoms with Gasteiger partial charge in [0.2, 0.25) is 0 Å². The van der Waals surface area contributed by atoms with Crippen molar-refractivity contribution in [1.29, 1.82) is 0 Å². The normalized spacial score (nSPS) is 12.5. The van der Waals surface area contributed by atoms with Crippen LogP contribution in [0.15, 0.2) is 18.2 Å². The predicted molar refractivity (Wildman–Crippen MR) is 57.7 cm³/mol. The average molecular weight is 216 g/mol. The molecule has 0 aliphatic carbocycles. The summed E-state index contributed by atoms with van der Waals surface area (Å²) in [6.45, 7) is 2.12. The molecule has 0 heterocycles. The minimum absolute atomic E-state index is 0.376. The smallest absolute Gasteiger partial charge is 0.160 e. The van der Waals surface area contributed by atoms with Gasteiger partial charge in [-0.15, -0.1) is 0 Å². The number of nitrogen functional groups attached to an aromatic ring is 1. The van der Waals surface area contributed by atoms with Crippen LogP contribution in [0.3, 0.4) is 0 Å². The van der Waals surface area contributed by atoms with E-state index >= 15 is 0 Å². The van der Waals surface area contributed by atoms with E-state index < -0.39 is 0 Å². The quantitative estimate of drug-likeness (QED) is 0.757. The van der Waals surface area contributed by atoms with Gasteiger partial charge in [-0.3, -0.25) is 0 Å². The minimum atomic E-state index is -0.376. The summed E-state index contributed by atoms with van der Waals surface area (Å²) in [7, 11) is 0. The van der Waals surface area contributed by atoms with Crippen LogP contribution in [0.4, 0.5) is 5.69 Å². The second-order valence-electron chi connectivity index (χ2n) is 3.14. The lowest BCUT2D eigenvalue weighted by Crippen LogP contribution is -2.08. The van der Waals surface area contributed by atoms with Gasteiger partial charge in [0.25, 0.3) is 0 Å². The Morgan fingerprint density at radius 2 is 2.29 bits per heavy atom. The largest absolute Gasteiger partial charge is 0.490 e. The number of nitrogens with two attached hydrogens (primary N) is 1. The topological polar surface area (TPSA) is 55.5 Å². The molecule has 1 atom stereocenters. The van der Waals surface area contributed by atoms with Crippen LogP contribution >= 0.6 is 11.6 Å². The Balaban J connectivity index is 2.58. The van der Waals surface area contributed by atoms with Gasteiger partial charge in [0.05, 0.1) is 23.4 Å². The molecule has 3 N–H and O–H groups in total. The summed E-state index contributed by atoms with van der Waals surface area (Å²) < 4.78 is 5.36. The first-order chi connectivity index (χ1) is 6.61. The number of hydrogen-bond donors (Lipinski definition) is 2. The fourth-order valence-electron chi connectivity index (χ4n) is 1.01. The molecule has 78 valence electrons. The lowest BCUT2D eigenvalue weighted by Gasteiger charge is -2.11. The summed E-state index contributed by atoms with van der Waals surface area (Å²) >= 11 is 5.88. The number of aliphatic hydroxyl groups excluding tert-OH is 1. The SMILES string of the molecule is CC(O)CCOc1c(N)cccc1Cl. The first kappa shape index (κ1) is 11.1. The maximum absolute atomic E-state index is 9.02. The maximum atomic E-state index is 9.02. The number of rotatable bonds is 4. The Labute approximate surface area is 88.4 Å². The van der Waals surface area contributed by atoms with Crippen molar-refractivity contribution >= 4 is 17.3 Å². The van der Waals surface area contributed by atoms with E-state index in [0.29, 0.717) is 29.5 Å². The van der Waals surface area contributed by atoms with Crippen molar-refractivity contribution < 1.29 is 9.84 Å². The van der Waals surface area contributed by atoms with Gasteiger partial charge >= 0.3 is 0 Å². The summed E-state index contributed by atoms with van der Waals surface area (Å²) in [5.41, 5.74) is 6.18. The lowest BCUT2D eigenvalue weighted by molar-refractivity contribution is 0.156. The first-order valence-corrected chi connectivity index (χ1v) is 4.84. The molecule has 4 heteroatoms. The van der Waals surface area contributed by atoms with Gasteiger partial charge in [-0.1, -0.05) is 17.7 Å². The molecule has 1 rings (SSSR count). The molecule has 0 fully saturated rings. The standard InChI is InChI=1S/C10H14ClNO2/c1-7(13)5-6-14-10-8(11)3-2-4-9(10)12/h2-4,7,13H,5-6,12H2,1H3. The fourth-order valence-corrected chi connectivity index (χ4v) is 1.25. The molecule has 1 aromatic carbocycles. The summed E-state index contributed by atoms with van der Waals surface area (Å²) in [5.74, 6) is 0.495. The van der Waals surface area contributed by atoms with E-state index in [0.717, 1.165) is 0 Å². The monoisotopic (exact) mass is 215 g/mol. The van der Waals surface area contributed by atoms with E-state index in [1.807, 2.05) is 0 Å². The lowest BCUT2D eigenvalue weighted by atomic mass is 10.3. The second kappa shape index (κ2) is 5.08. The number of aliphatic hydroxyl groups is 1. The highest BCUT2D eigenvalue weighted by Gasteiger charge is 2.05. The van der Waals surface area contributed by atoms with Crippen LogP contribution in [-0.4, -0.2) is 17.8 Å². The number of benzene rings is 1. The van der Waals surface area contributed by atoms with E-state index in [1.165, 1.54) is 0 Å². The maximum Gasteiger partial charge on any atom is 0.160 e. The Kier molecular flexibility index (Phi) is 4.04. The molecule has 0 aliphatic rings. The zero-order valence-electron chi connectivity index (χ0n) is 8.03. The molecule has 0 aliphatic heterocycles. The summed E-state index contributed by atoms with van der Waals surface area (Å²) in [6.07, 6.45) is 0.184. The summed E-state index contributed by atoms with van der Waals surface area (Å²) in [6, 6.07) is 5.21. The van der Waals surface area contributed by atoms with E-state index in [2.05, 4.69) is 0 Å². The van der Waals surface area contributed by atoms with Gasteiger partial charge in [0.15, 0.2) is 5.75 Å². The number of ether oxygens (including phenoxy) is 1. The zero-order valence-corrected chi connectivity index (χ0v) is 8.79. The Morgan fingerprint density at radius 3 is 2.86 bits per heavy atom. The molecule has 0 bridgehead atoms. The van der Waals surface area contributed by atoms with E-state index in [4.69, 9.17) is 27.2 Å². The van der Waals surface area contributed by atoms with Gasteiger partial charge in [-0.25, -0.2) is 0 Å². The highest BCUT2D eigenvalue weighted by Crippen LogP contribution is 2.30. The Morgan fingerprint density at radius 1 is 1.57 bits per heavy atom. The van der Waals surface area contributed by atoms with Crippen molar-refractivity contribution in [2.24, 2.45) is 0 Å². The van der Waals surface area contributed by atoms with Crippen molar-refractivity contribution in [2.75, 3.05) is 12.3 Å². The van der Waals surface area contributed by atoms with Gasteiger partial charge in [-0.05, 0) is 19.1 Å². The molecule has 0 spiro atoms. The predicted octanol–water partition coefficient (Wildman–Crippen LogP) is 2.07. The van der Waals surface area contributed by atoms with Crippen LogP contribution in [0.1, 0.15) is 13.3 Å². The van der Waals surface area contributed by atoms with E-state index in [1.54, 1.807) is 25.1 Å².